The van der Waals surface area contributed by atoms with Gasteiger partial charge >= 0.3 is 0 Å². The number of rotatable bonds is 3. The lowest BCUT2D eigenvalue weighted by atomic mass is 9.80. The van der Waals surface area contributed by atoms with Gasteiger partial charge in [0.25, 0.3) is 11.1 Å². The van der Waals surface area contributed by atoms with E-state index in [2.05, 4.69) is 15.0 Å². The number of likely N-dealkylation sites (tertiary alicyclic amines) is 1. The maximum absolute atomic E-state index is 13.1. The molecule has 1 amide bonds. The van der Waals surface area contributed by atoms with Gasteiger partial charge in [0, 0.05) is 43.0 Å². The van der Waals surface area contributed by atoms with Crippen LogP contribution in [-0.2, 0) is 17.8 Å². The maximum atomic E-state index is 13.1. The second-order valence-electron chi connectivity index (χ2n) is 9.35. The molecule has 1 aliphatic carbocycles. The molecule has 2 saturated heterocycles. The number of fused-ring (bicyclic) bond motifs is 4. The highest BCUT2D eigenvalue weighted by Gasteiger charge is 2.41. The van der Waals surface area contributed by atoms with Gasteiger partial charge in [0.15, 0.2) is 0 Å². The quantitative estimate of drug-likeness (QED) is 0.650. The van der Waals surface area contributed by atoms with E-state index in [-0.39, 0.29) is 35.4 Å². The summed E-state index contributed by atoms with van der Waals surface area (Å²) < 4.78 is 1.25. The van der Waals surface area contributed by atoms with Gasteiger partial charge in [0.2, 0.25) is 11.9 Å². The topological polar surface area (TPSA) is 104 Å². The van der Waals surface area contributed by atoms with Crippen molar-refractivity contribution in [3.8, 4) is 0 Å². The second-order valence-corrected chi connectivity index (χ2v) is 9.35. The molecule has 2 atom stereocenters. The first-order valence-corrected chi connectivity index (χ1v) is 11.7. The normalized spacial score (nSPS) is 21.9. The summed E-state index contributed by atoms with van der Waals surface area (Å²) in [6.07, 6.45) is 5.39. The predicted molar refractivity (Wildman–Crippen MR) is 123 cm³/mol. The van der Waals surface area contributed by atoms with E-state index >= 15 is 0 Å². The average molecular weight is 447 g/mol. The highest BCUT2D eigenvalue weighted by atomic mass is 16.2. The summed E-state index contributed by atoms with van der Waals surface area (Å²) in [7, 11) is 0. The highest BCUT2D eigenvalue weighted by Crippen LogP contribution is 2.40. The first-order chi connectivity index (χ1) is 16.1. The number of nitrogens with one attached hydrogen (secondary N) is 1. The third-order valence-corrected chi connectivity index (χ3v) is 7.40. The Morgan fingerprint density at radius 2 is 1.94 bits per heavy atom. The third-order valence-electron chi connectivity index (χ3n) is 7.40. The van der Waals surface area contributed by atoms with Crippen molar-refractivity contribution in [2.24, 2.45) is 5.92 Å². The Bertz CT molecular complexity index is 1360. The molecule has 9 heteroatoms. The molecule has 0 radical (unpaired) electrons. The molecule has 6 rings (SSSR count). The Kier molecular flexibility index (Phi) is 4.78. The van der Waals surface area contributed by atoms with Gasteiger partial charge in [-0.1, -0.05) is 18.2 Å². The number of carbonyl (C=O) groups is 1. The third kappa shape index (κ3) is 3.42. The first kappa shape index (κ1) is 20.1. The molecule has 2 fully saturated rings. The van der Waals surface area contributed by atoms with Crippen molar-refractivity contribution in [1.29, 1.82) is 0 Å². The largest absolute Gasteiger partial charge is 0.342 e. The van der Waals surface area contributed by atoms with E-state index in [0.29, 0.717) is 30.8 Å². The van der Waals surface area contributed by atoms with Gasteiger partial charge in [0.1, 0.15) is 6.54 Å². The van der Waals surface area contributed by atoms with Crippen molar-refractivity contribution in [2.75, 3.05) is 31.1 Å². The lowest BCUT2D eigenvalue weighted by Crippen LogP contribution is -2.36. The van der Waals surface area contributed by atoms with E-state index in [0.717, 1.165) is 49.0 Å². The van der Waals surface area contributed by atoms with Crippen molar-refractivity contribution in [1.82, 2.24) is 24.6 Å². The van der Waals surface area contributed by atoms with Crippen molar-refractivity contribution in [2.45, 2.75) is 38.1 Å². The number of anilines is 1. The molecule has 4 heterocycles. The monoisotopic (exact) mass is 446 g/mol. The number of amides is 1. The summed E-state index contributed by atoms with van der Waals surface area (Å²) in [5.41, 5.74) is 1.32. The molecule has 9 nitrogen and oxygen atoms in total. The van der Waals surface area contributed by atoms with Gasteiger partial charge in [-0.15, -0.1) is 0 Å². The lowest BCUT2D eigenvalue weighted by molar-refractivity contribution is -0.131. The van der Waals surface area contributed by atoms with Gasteiger partial charge in [0.05, 0.1) is 17.3 Å². The Morgan fingerprint density at radius 3 is 2.79 bits per heavy atom. The summed E-state index contributed by atoms with van der Waals surface area (Å²) in [6.45, 7) is 2.88. The number of aromatic nitrogens is 4. The van der Waals surface area contributed by atoms with Crippen LogP contribution in [0.25, 0.3) is 10.8 Å². The molecule has 0 saturated carbocycles. The Hall–Kier alpha value is -3.49. The molecule has 3 aromatic rings. The van der Waals surface area contributed by atoms with Gasteiger partial charge in [-0.25, -0.2) is 9.67 Å². The number of hydrogen-bond acceptors (Lipinski definition) is 6. The lowest BCUT2D eigenvalue weighted by Gasteiger charge is -2.27. The molecule has 1 aromatic carbocycles. The number of H-pyrrole nitrogens is 1. The van der Waals surface area contributed by atoms with Crippen LogP contribution in [0, 0.1) is 5.92 Å². The molecule has 0 bridgehead atoms. The number of aromatic amines is 1. The fourth-order valence-electron chi connectivity index (χ4n) is 5.61. The zero-order valence-corrected chi connectivity index (χ0v) is 18.4. The summed E-state index contributed by atoms with van der Waals surface area (Å²) in [5.74, 6) is 0.875. The van der Waals surface area contributed by atoms with Crippen LogP contribution in [0.4, 0.5) is 5.95 Å². The summed E-state index contributed by atoms with van der Waals surface area (Å²) in [6, 6.07) is 7.26. The van der Waals surface area contributed by atoms with Crippen molar-refractivity contribution in [3.05, 3.63) is 62.4 Å². The molecule has 1 N–H and O–H groups in total. The van der Waals surface area contributed by atoms with Crippen LogP contribution in [0.3, 0.4) is 0 Å². The minimum Gasteiger partial charge on any atom is -0.342 e. The van der Waals surface area contributed by atoms with Crippen LogP contribution in [0.1, 0.15) is 36.4 Å². The van der Waals surface area contributed by atoms with Crippen molar-refractivity contribution in [3.63, 3.8) is 0 Å². The number of carbonyl (C=O) groups excluding carboxylic acids is 1. The molecular formula is C24H26N6O3. The number of benzene rings is 1. The van der Waals surface area contributed by atoms with E-state index < -0.39 is 0 Å². The van der Waals surface area contributed by atoms with Gasteiger partial charge < -0.3 is 9.80 Å². The van der Waals surface area contributed by atoms with E-state index in [1.165, 1.54) is 4.68 Å². The van der Waals surface area contributed by atoms with Gasteiger partial charge in [-0.05, 0) is 37.7 Å². The van der Waals surface area contributed by atoms with Crippen LogP contribution in [-0.4, -0.2) is 56.7 Å². The fourth-order valence-corrected chi connectivity index (χ4v) is 5.61. The first-order valence-electron chi connectivity index (χ1n) is 11.7. The maximum Gasteiger partial charge on any atom is 0.275 e. The Balaban J connectivity index is 1.25. The zero-order valence-electron chi connectivity index (χ0n) is 18.4. The average Bonchev–Trinajstić information content (AvgIpc) is 3.51. The molecule has 2 aliphatic heterocycles. The standard InChI is InChI=1S/C24H26N6O3/c31-20(14-30-23(33)17-6-2-1-5-15(17)11-25-30)29-12-16-7-8-18-21(19(16)13-29)26-24(27-22(18)32)28-9-3-4-10-28/h1-2,5-6,11,16,19H,3-4,7-10,12-14H2,(H,26,27,32)/t16-,19+/m1/s1. The van der Waals surface area contributed by atoms with E-state index in [4.69, 9.17) is 4.98 Å². The van der Waals surface area contributed by atoms with Crippen LogP contribution >= 0.6 is 0 Å². The van der Waals surface area contributed by atoms with Crippen LogP contribution in [0.5, 0.6) is 0 Å². The molecule has 0 spiro atoms. The van der Waals surface area contributed by atoms with E-state index in [9.17, 15) is 14.4 Å². The summed E-state index contributed by atoms with van der Waals surface area (Å²) >= 11 is 0. The molecule has 3 aliphatic rings. The van der Waals surface area contributed by atoms with Crippen LogP contribution in [0.2, 0.25) is 0 Å². The molecule has 2 aromatic heterocycles. The van der Waals surface area contributed by atoms with E-state index in [1.54, 1.807) is 12.3 Å². The van der Waals surface area contributed by atoms with Crippen molar-refractivity contribution < 1.29 is 4.79 Å². The van der Waals surface area contributed by atoms with Gasteiger partial charge in [-0.2, -0.15) is 5.10 Å². The summed E-state index contributed by atoms with van der Waals surface area (Å²) in [4.78, 5) is 50.5. The minimum atomic E-state index is -0.258. The SMILES string of the molecule is O=C(Cn1ncc2ccccc2c1=O)N1C[C@H]2CCc3c(nc(N4CCCC4)[nH]c3=O)[C@H]2C1. The fraction of sp³-hybridized carbons (Fsp3) is 0.458. The van der Waals surface area contributed by atoms with Crippen LogP contribution in [0.15, 0.2) is 40.1 Å². The Labute approximate surface area is 190 Å². The van der Waals surface area contributed by atoms with Crippen molar-refractivity contribution >= 4 is 22.6 Å². The zero-order chi connectivity index (χ0) is 22.5. The minimum absolute atomic E-state index is 0.0444. The molecule has 0 unspecified atom stereocenters. The predicted octanol–water partition coefficient (Wildman–Crippen LogP) is 1.27. The second kappa shape index (κ2) is 7.83. The van der Waals surface area contributed by atoms with Crippen LogP contribution < -0.4 is 16.0 Å². The smallest absolute Gasteiger partial charge is 0.275 e. The molecule has 170 valence electrons. The number of hydrogen-bond donors (Lipinski definition) is 1. The number of nitrogens with zero attached hydrogens (tertiary/aromatic N) is 5. The molecular weight excluding hydrogens is 420 g/mol. The highest BCUT2D eigenvalue weighted by molar-refractivity contribution is 5.81. The Morgan fingerprint density at radius 1 is 1.12 bits per heavy atom. The molecule has 33 heavy (non-hydrogen) atoms. The van der Waals surface area contributed by atoms with E-state index in [1.807, 2.05) is 23.1 Å². The summed E-state index contributed by atoms with van der Waals surface area (Å²) in [5, 5.41) is 5.53. The van der Waals surface area contributed by atoms with Gasteiger partial charge in [-0.3, -0.25) is 19.4 Å².